The monoisotopic (exact) mass is 967 g/mol. The van der Waals surface area contributed by atoms with E-state index in [1.54, 1.807) is 0 Å². The van der Waals surface area contributed by atoms with Gasteiger partial charge in [-0.3, -0.25) is 0 Å². The predicted molar refractivity (Wildman–Crippen MR) is 314 cm³/mol. The van der Waals surface area contributed by atoms with Crippen molar-refractivity contribution >= 4 is 60.9 Å². The van der Waals surface area contributed by atoms with Crippen molar-refractivity contribution in [2.75, 3.05) is 4.90 Å². The molecule has 16 rings (SSSR count). The SMILES string of the molecule is c1ccc(-c2ccc(N(c3ccc(-c4c(-c5ccc6oc7ccccc7c6c5-c5ccccc5)ccc5oc6ccccc6c45)cc3)c3ccc4c(c3)C3(c5ccccc5-c5ccccc53)c3ccccc3-4)cc2)cc1. The Labute approximate surface area is 439 Å². The molecule has 0 saturated carbocycles. The Kier molecular flexibility index (Phi) is 9.25. The van der Waals surface area contributed by atoms with Gasteiger partial charge in [-0.25, -0.2) is 0 Å². The highest BCUT2D eigenvalue weighted by atomic mass is 16.3. The van der Waals surface area contributed by atoms with E-state index < -0.39 is 5.41 Å². The van der Waals surface area contributed by atoms with Crippen LogP contribution in [0.15, 0.2) is 282 Å². The van der Waals surface area contributed by atoms with Crippen molar-refractivity contribution in [3.05, 3.63) is 295 Å². The molecule has 0 unspecified atom stereocenters. The van der Waals surface area contributed by atoms with Crippen molar-refractivity contribution in [3.63, 3.8) is 0 Å². The zero-order valence-electron chi connectivity index (χ0n) is 41.2. The van der Waals surface area contributed by atoms with Gasteiger partial charge >= 0.3 is 0 Å². The summed E-state index contributed by atoms with van der Waals surface area (Å²) in [5, 5.41) is 4.37. The van der Waals surface area contributed by atoms with E-state index in [0.29, 0.717) is 0 Å². The lowest BCUT2D eigenvalue weighted by atomic mass is 9.70. The molecular formula is C73H45NO2. The highest BCUT2D eigenvalue weighted by Gasteiger charge is 2.51. The first-order chi connectivity index (χ1) is 37.7. The number of para-hydroxylation sites is 2. The third-order valence-corrected chi connectivity index (χ3v) is 16.3. The Hall–Kier alpha value is -9.96. The number of hydrogen-bond acceptors (Lipinski definition) is 3. The number of benzene rings is 12. The fourth-order valence-electron chi connectivity index (χ4n) is 13.2. The van der Waals surface area contributed by atoms with Crippen LogP contribution in [0.1, 0.15) is 22.3 Å². The van der Waals surface area contributed by atoms with Crippen molar-refractivity contribution < 1.29 is 8.83 Å². The van der Waals surface area contributed by atoms with Crippen LogP contribution in [0.2, 0.25) is 0 Å². The van der Waals surface area contributed by atoms with Gasteiger partial charge in [-0.1, -0.05) is 200 Å². The van der Waals surface area contributed by atoms with Crippen molar-refractivity contribution in [3.8, 4) is 66.8 Å². The molecule has 0 fully saturated rings. The summed E-state index contributed by atoms with van der Waals surface area (Å²) < 4.78 is 13.2. The van der Waals surface area contributed by atoms with E-state index in [9.17, 15) is 0 Å². The molecule has 1 spiro atoms. The Bertz CT molecular complexity index is 4560. The van der Waals surface area contributed by atoms with E-state index in [1.165, 1.54) is 55.6 Å². The smallest absolute Gasteiger partial charge is 0.136 e. The molecule has 354 valence electrons. The van der Waals surface area contributed by atoms with Gasteiger partial charge in [-0.05, 0) is 151 Å². The first-order valence-electron chi connectivity index (χ1n) is 26.1. The van der Waals surface area contributed by atoms with Crippen LogP contribution in [0.25, 0.3) is 111 Å². The van der Waals surface area contributed by atoms with Gasteiger partial charge in [-0.2, -0.15) is 0 Å². The standard InChI is InChI=1S/C73H45NO2/c1-3-17-46(18-4-1)47-31-35-50(36-32-47)74(52-39-40-56-55-23-9-14-28-63(55)73(64(56)45-52)61-26-12-7-21-53(61)54-22-8-13-27-62(54)73)51-37-33-49(34-38-51)70-58(42-44-68-72(70)60-25-11-16-30-66(60)76-68)57-41-43-67-71(59-24-10-15-29-65(59)75-67)69(57)48-19-5-2-6-20-48/h1-45H. The maximum atomic E-state index is 6.68. The lowest BCUT2D eigenvalue weighted by Crippen LogP contribution is -2.26. The van der Waals surface area contributed by atoms with Gasteiger partial charge in [0, 0.05) is 49.7 Å². The molecule has 3 heteroatoms. The molecule has 0 atom stereocenters. The number of furan rings is 2. The number of hydrogen-bond donors (Lipinski definition) is 0. The second-order valence-electron chi connectivity index (χ2n) is 20.2. The van der Waals surface area contributed by atoms with Crippen LogP contribution in [0.4, 0.5) is 17.1 Å². The van der Waals surface area contributed by atoms with Gasteiger partial charge in [0.05, 0.1) is 5.41 Å². The van der Waals surface area contributed by atoms with Gasteiger partial charge < -0.3 is 13.7 Å². The van der Waals surface area contributed by atoms with Crippen LogP contribution in [0.5, 0.6) is 0 Å². The largest absolute Gasteiger partial charge is 0.456 e. The summed E-state index contributed by atoms with van der Waals surface area (Å²) in [6.07, 6.45) is 0. The zero-order valence-corrected chi connectivity index (χ0v) is 41.2. The van der Waals surface area contributed by atoms with Crippen LogP contribution < -0.4 is 4.90 Å². The van der Waals surface area contributed by atoms with Crippen LogP contribution in [0.3, 0.4) is 0 Å². The second kappa shape index (κ2) is 16.5. The summed E-state index contributed by atoms with van der Waals surface area (Å²) >= 11 is 0. The molecule has 0 amide bonds. The van der Waals surface area contributed by atoms with Crippen LogP contribution in [-0.2, 0) is 5.41 Å². The van der Waals surface area contributed by atoms with Crippen molar-refractivity contribution in [1.82, 2.24) is 0 Å². The lowest BCUT2D eigenvalue weighted by Gasteiger charge is -2.32. The summed E-state index contributed by atoms with van der Waals surface area (Å²) in [6, 6.07) is 99.5. The van der Waals surface area contributed by atoms with E-state index in [-0.39, 0.29) is 0 Å². The number of nitrogens with zero attached hydrogens (tertiary/aromatic N) is 1. The minimum absolute atomic E-state index is 0.478. The fourth-order valence-corrected chi connectivity index (χ4v) is 13.2. The molecule has 12 aromatic carbocycles. The summed E-state index contributed by atoms with van der Waals surface area (Å²) in [5.74, 6) is 0. The highest BCUT2D eigenvalue weighted by Crippen LogP contribution is 2.63. The van der Waals surface area contributed by atoms with E-state index >= 15 is 0 Å². The van der Waals surface area contributed by atoms with Crippen LogP contribution in [0, 0.1) is 0 Å². The first kappa shape index (κ1) is 42.5. The van der Waals surface area contributed by atoms with E-state index in [0.717, 1.165) is 94.3 Å². The molecule has 3 nitrogen and oxygen atoms in total. The maximum Gasteiger partial charge on any atom is 0.136 e. The van der Waals surface area contributed by atoms with Gasteiger partial charge in [-0.15, -0.1) is 0 Å². The Morgan fingerprint density at radius 2 is 0.618 bits per heavy atom. The van der Waals surface area contributed by atoms with Gasteiger partial charge in [0.25, 0.3) is 0 Å². The molecule has 0 bridgehead atoms. The quantitative estimate of drug-likeness (QED) is 0.159. The molecule has 14 aromatic rings. The van der Waals surface area contributed by atoms with Crippen LogP contribution >= 0.6 is 0 Å². The molecule has 0 saturated heterocycles. The summed E-state index contributed by atoms with van der Waals surface area (Å²) in [7, 11) is 0. The Morgan fingerprint density at radius 1 is 0.250 bits per heavy atom. The summed E-state index contributed by atoms with van der Waals surface area (Å²) in [6.45, 7) is 0. The number of anilines is 3. The van der Waals surface area contributed by atoms with E-state index in [1.807, 2.05) is 6.07 Å². The third kappa shape index (κ3) is 6.11. The fraction of sp³-hybridized carbons (Fsp3) is 0.0137. The van der Waals surface area contributed by atoms with Crippen molar-refractivity contribution in [2.45, 2.75) is 5.41 Å². The van der Waals surface area contributed by atoms with E-state index in [2.05, 4.69) is 272 Å². The average molecular weight is 968 g/mol. The maximum absolute atomic E-state index is 6.68. The lowest BCUT2D eigenvalue weighted by molar-refractivity contribution is 0.668. The molecule has 0 radical (unpaired) electrons. The average Bonchev–Trinajstić information content (AvgIpc) is 4.43. The molecule has 2 aliphatic rings. The van der Waals surface area contributed by atoms with Crippen molar-refractivity contribution in [2.24, 2.45) is 0 Å². The second-order valence-corrected chi connectivity index (χ2v) is 20.2. The molecule has 0 aliphatic heterocycles. The molecule has 76 heavy (non-hydrogen) atoms. The predicted octanol–water partition coefficient (Wildman–Crippen LogP) is 20.0. The van der Waals surface area contributed by atoms with Gasteiger partial charge in [0.2, 0.25) is 0 Å². The third-order valence-electron chi connectivity index (χ3n) is 16.3. The van der Waals surface area contributed by atoms with Gasteiger partial charge in [0.15, 0.2) is 0 Å². The molecule has 2 heterocycles. The Balaban J connectivity index is 0.916. The molecule has 2 aromatic heterocycles. The summed E-state index contributed by atoms with van der Waals surface area (Å²) in [5.41, 5.74) is 25.7. The minimum atomic E-state index is -0.478. The number of rotatable bonds is 7. The summed E-state index contributed by atoms with van der Waals surface area (Å²) in [4.78, 5) is 2.43. The zero-order chi connectivity index (χ0) is 49.9. The number of fused-ring (bicyclic) bond motifs is 16. The normalized spacial score (nSPS) is 12.8. The first-order valence-corrected chi connectivity index (χ1v) is 26.1. The molecule has 0 N–H and O–H groups in total. The van der Waals surface area contributed by atoms with Crippen molar-refractivity contribution in [1.29, 1.82) is 0 Å². The van der Waals surface area contributed by atoms with Crippen LogP contribution in [-0.4, -0.2) is 0 Å². The molecule has 2 aliphatic carbocycles. The minimum Gasteiger partial charge on any atom is -0.456 e. The van der Waals surface area contributed by atoms with E-state index in [4.69, 9.17) is 8.83 Å². The highest BCUT2D eigenvalue weighted by molar-refractivity contribution is 6.20. The van der Waals surface area contributed by atoms with Gasteiger partial charge in [0.1, 0.15) is 22.3 Å². The molecular weight excluding hydrogens is 923 g/mol. The Morgan fingerprint density at radius 3 is 1.13 bits per heavy atom. The topological polar surface area (TPSA) is 29.5 Å².